The summed E-state index contributed by atoms with van der Waals surface area (Å²) in [7, 11) is 0. The van der Waals surface area contributed by atoms with Crippen LogP contribution in [0.2, 0.25) is 0 Å². The van der Waals surface area contributed by atoms with Gasteiger partial charge in [0.2, 0.25) is 0 Å². The number of aliphatic hydroxyl groups is 1. The Morgan fingerprint density at radius 2 is 2.19 bits per heavy atom. The molecule has 0 heterocycles. The molecule has 1 amide bonds. The summed E-state index contributed by atoms with van der Waals surface area (Å²) in [6.07, 6.45) is 2.15. The first-order chi connectivity index (χ1) is 7.46. The summed E-state index contributed by atoms with van der Waals surface area (Å²) in [6, 6.07) is 1.81. The molecule has 0 atom stereocenters. The van der Waals surface area contributed by atoms with Crippen molar-refractivity contribution in [1.82, 2.24) is 10.6 Å². The molecule has 0 aliphatic carbocycles. The fourth-order valence-corrected chi connectivity index (χ4v) is 0.796. The van der Waals surface area contributed by atoms with Gasteiger partial charge >= 0.3 is 0 Å². The number of carbonyl (C=O) groups is 1. The third kappa shape index (κ3) is 5.37. The van der Waals surface area contributed by atoms with Crippen molar-refractivity contribution >= 4 is 5.91 Å². The zero-order valence-electron chi connectivity index (χ0n) is 10.0. The molecule has 0 saturated heterocycles. The fourth-order valence-electron chi connectivity index (χ4n) is 0.796. The van der Waals surface area contributed by atoms with Gasteiger partial charge in [0.25, 0.3) is 5.91 Å². The molecule has 90 valence electrons. The first-order valence-corrected chi connectivity index (χ1v) is 5.24. The van der Waals surface area contributed by atoms with Crippen LogP contribution in [0.3, 0.4) is 0 Å². The summed E-state index contributed by atoms with van der Waals surface area (Å²) in [6.45, 7) is 5.92. The highest BCUT2D eigenvalue weighted by molar-refractivity contribution is 5.97. The van der Waals surface area contributed by atoms with Crippen molar-refractivity contribution in [3.8, 4) is 6.07 Å². The summed E-state index contributed by atoms with van der Waals surface area (Å²) >= 11 is 0. The number of amides is 1. The highest BCUT2D eigenvalue weighted by Gasteiger charge is 2.15. The van der Waals surface area contributed by atoms with E-state index >= 15 is 0 Å². The summed E-state index contributed by atoms with van der Waals surface area (Å²) < 4.78 is 0. The molecular formula is C11H19N3O2. The Labute approximate surface area is 96.1 Å². The first kappa shape index (κ1) is 14.5. The van der Waals surface area contributed by atoms with E-state index in [1.54, 1.807) is 13.8 Å². The van der Waals surface area contributed by atoms with E-state index in [4.69, 9.17) is 10.4 Å². The van der Waals surface area contributed by atoms with Crippen molar-refractivity contribution in [2.24, 2.45) is 0 Å². The van der Waals surface area contributed by atoms with Crippen LogP contribution in [-0.4, -0.2) is 29.7 Å². The van der Waals surface area contributed by atoms with E-state index in [-0.39, 0.29) is 12.2 Å². The number of nitriles is 1. The number of rotatable bonds is 6. The molecule has 0 aliphatic heterocycles. The Balaban J connectivity index is 4.45. The second-order valence-electron chi connectivity index (χ2n) is 4.11. The van der Waals surface area contributed by atoms with Gasteiger partial charge < -0.3 is 15.7 Å². The van der Waals surface area contributed by atoms with Crippen LogP contribution >= 0.6 is 0 Å². The van der Waals surface area contributed by atoms with E-state index in [0.717, 1.165) is 6.42 Å². The maximum Gasteiger partial charge on any atom is 0.263 e. The smallest absolute Gasteiger partial charge is 0.263 e. The predicted octanol–water partition coefficient (Wildman–Crippen LogP) is 0.281. The topological polar surface area (TPSA) is 85.2 Å². The van der Waals surface area contributed by atoms with Gasteiger partial charge in [-0.2, -0.15) is 5.26 Å². The molecular weight excluding hydrogens is 206 g/mol. The van der Waals surface area contributed by atoms with E-state index in [9.17, 15) is 4.79 Å². The minimum Gasteiger partial charge on any atom is -0.394 e. The van der Waals surface area contributed by atoms with E-state index < -0.39 is 11.4 Å². The molecule has 0 spiro atoms. The number of aliphatic hydroxyl groups excluding tert-OH is 1. The highest BCUT2D eigenvalue weighted by atomic mass is 16.3. The second-order valence-corrected chi connectivity index (χ2v) is 4.11. The molecule has 0 aromatic carbocycles. The SMILES string of the molecule is CCCNC(=O)/C(C#N)=C\NC(C)(C)CO. The third-order valence-corrected chi connectivity index (χ3v) is 1.90. The van der Waals surface area contributed by atoms with Crippen LogP contribution in [-0.2, 0) is 4.79 Å². The van der Waals surface area contributed by atoms with Crippen molar-refractivity contribution in [3.05, 3.63) is 11.8 Å². The Hall–Kier alpha value is -1.54. The van der Waals surface area contributed by atoms with Gasteiger partial charge in [-0.3, -0.25) is 4.79 Å². The molecule has 0 unspecified atom stereocenters. The van der Waals surface area contributed by atoms with Crippen LogP contribution in [0.25, 0.3) is 0 Å². The standard InChI is InChI=1S/C11H19N3O2/c1-4-5-13-10(16)9(6-12)7-14-11(2,3)8-15/h7,14-15H,4-5,8H2,1-3H3,(H,13,16)/b9-7-. The van der Waals surface area contributed by atoms with Crippen LogP contribution in [0, 0.1) is 11.3 Å². The molecule has 0 bridgehead atoms. The van der Waals surface area contributed by atoms with Gasteiger partial charge in [-0.15, -0.1) is 0 Å². The number of nitrogens with zero attached hydrogens (tertiary/aromatic N) is 1. The first-order valence-electron chi connectivity index (χ1n) is 5.24. The van der Waals surface area contributed by atoms with Crippen molar-refractivity contribution in [2.75, 3.05) is 13.2 Å². The Bertz CT molecular complexity index is 303. The lowest BCUT2D eigenvalue weighted by atomic mass is 10.1. The van der Waals surface area contributed by atoms with Crippen molar-refractivity contribution < 1.29 is 9.90 Å². The zero-order valence-corrected chi connectivity index (χ0v) is 10.0. The van der Waals surface area contributed by atoms with Crippen LogP contribution in [0.4, 0.5) is 0 Å². The lowest BCUT2D eigenvalue weighted by Gasteiger charge is -2.22. The predicted molar refractivity (Wildman–Crippen MR) is 61.3 cm³/mol. The average Bonchev–Trinajstić information content (AvgIpc) is 2.27. The quantitative estimate of drug-likeness (QED) is 0.448. The van der Waals surface area contributed by atoms with E-state index in [2.05, 4.69) is 10.6 Å². The van der Waals surface area contributed by atoms with Gasteiger partial charge in [-0.25, -0.2) is 0 Å². The third-order valence-electron chi connectivity index (χ3n) is 1.90. The molecule has 5 nitrogen and oxygen atoms in total. The van der Waals surface area contributed by atoms with E-state index in [0.29, 0.717) is 6.54 Å². The molecule has 0 aromatic rings. The molecule has 0 aromatic heterocycles. The van der Waals surface area contributed by atoms with Gasteiger partial charge in [-0.1, -0.05) is 6.92 Å². The van der Waals surface area contributed by atoms with Crippen LogP contribution < -0.4 is 10.6 Å². The van der Waals surface area contributed by atoms with Gasteiger partial charge in [0.05, 0.1) is 12.1 Å². The maximum absolute atomic E-state index is 11.4. The van der Waals surface area contributed by atoms with Crippen LogP contribution in [0.1, 0.15) is 27.2 Å². The van der Waals surface area contributed by atoms with Crippen molar-refractivity contribution in [1.29, 1.82) is 5.26 Å². The van der Waals surface area contributed by atoms with Gasteiger partial charge in [0.1, 0.15) is 11.6 Å². The van der Waals surface area contributed by atoms with E-state index in [1.807, 2.05) is 13.0 Å². The second kappa shape index (κ2) is 6.85. The maximum atomic E-state index is 11.4. The molecule has 16 heavy (non-hydrogen) atoms. The number of hydrogen-bond acceptors (Lipinski definition) is 4. The number of nitrogens with one attached hydrogen (secondary N) is 2. The molecule has 5 heteroatoms. The van der Waals surface area contributed by atoms with Crippen molar-refractivity contribution in [3.63, 3.8) is 0 Å². The minimum absolute atomic E-state index is 0.00924. The largest absolute Gasteiger partial charge is 0.394 e. The number of hydrogen-bond donors (Lipinski definition) is 3. The summed E-state index contributed by atoms with van der Waals surface area (Å²) in [5.74, 6) is -0.398. The normalized spacial score (nSPS) is 11.8. The molecule has 0 aliphatic rings. The number of carbonyl (C=O) groups excluding carboxylic acids is 1. The fraction of sp³-hybridized carbons (Fsp3) is 0.636. The molecule has 0 radical (unpaired) electrons. The summed E-state index contributed by atoms with van der Waals surface area (Å²) in [5, 5.41) is 23.2. The summed E-state index contributed by atoms with van der Waals surface area (Å²) in [5.41, 5.74) is -0.539. The lowest BCUT2D eigenvalue weighted by Crippen LogP contribution is -2.40. The molecule has 0 rings (SSSR count). The van der Waals surface area contributed by atoms with E-state index in [1.165, 1.54) is 6.20 Å². The van der Waals surface area contributed by atoms with Gasteiger partial charge in [-0.05, 0) is 20.3 Å². The average molecular weight is 225 g/mol. The Morgan fingerprint density at radius 3 is 2.62 bits per heavy atom. The summed E-state index contributed by atoms with van der Waals surface area (Å²) in [4.78, 5) is 11.4. The molecule has 0 fully saturated rings. The lowest BCUT2D eigenvalue weighted by molar-refractivity contribution is -0.117. The highest BCUT2D eigenvalue weighted by Crippen LogP contribution is 2.01. The van der Waals surface area contributed by atoms with Crippen LogP contribution in [0.15, 0.2) is 11.8 Å². The monoisotopic (exact) mass is 225 g/mol. The molecule has 3 N–H and O–H groups in total. The Kier molecular flexibility index (Phi) is 6.19. The van der Waals surface area contributed by atoms with Crippen molar-refractivity contribution in [2.45, 2.75) is 32.7 Å². The Morgan fingerprint density at radius 1 is 1.56 bits per heavy atom. The van der Waals surface area contributed by atoms with Gasteiger partial charge in [0, 0.05) is 12.7 Å². The minimum atomic E-state index is -0.548. The van der Waals surface area contributed by atoms with Crippen LogP contribution in [0.5, 0.6) is 0 Å². The zero-order chi connectivity index (χ0) is 12.6. The van der Waals surface area contributed by atoms with Gasteiger partial charge in [0.15, 0.2) is 0 Å². The molecule has 0 saturated carbocycles.